The molecule has 2 aromatic heterocycles. The van der Waals surface area contributed by atoms with Gasteiger partial charge in [-0.2, -0.15) is 11.3 Å². The second-order valence-corrected chi connectivity index (χ2v) is 3.74. The molecule has 2 rings (SSSR count). The molecule has 0 atom stereocenters. The number of imidazole rings is 1. The van der Waals surface area contributed by atoms with Crippen molar-refractivity contribution in [2.24, 2.45) is 0 Å². The largest absolute Gasteiger partial charge is 0.330 e. The molecule has 0 saturated heterocycles. The Bertz CT molecular complexity index is 362. The van der Waals surface area contributed by atoms with Gasteiger partial charge in [0.25, 0.3) is 0 Å². The van der Waals surface area contributed by atoms with E-state index < -0.39 is 0 Å². The van der Waals surface area contributed by atoms with Gasteiger partial charge in [-0.1, -0.05) is 6.92 Å². The van der Waals surface area contributed by atoms with E-state index in [1.54, 1.807) is 11.3 Å². The van der Waals surface area contributed by atoms with Crippen LogP contribution in [0.4, 0.5) is 0 Å². The van der Waals surface area contributed by atoms with E-state index in [9.17, 15) is 0 Å². The number of hydrogen-bond donors (Lipinski definition) is 0. The minimum Gasteiger partial charge on any atom is -0.330 e. The molecular formula is C10H12N2S. The van der Waals surface area contributed by atoms with Crippen molar-refractivity contribution in [1.29, 1.82) is 0 Å². The molecule has 0 saturated carbocycles. The Morgan fingerprint density at radius 1 is 1.54 bits per heavy atom. The van der Waals surface area contributed by atoms with Crippen LogP contribution < -0.4 is 0 Å². The number of aromatic nitrogens is 2. The summed E-state index contributed by atoms with van der Waals surface area (Å²) < 4.78 is 2.20. The quantitative estimate of drug-likeness (QED) is 0.730. The molecule has 0 aliphatic carbocycles. The highest BCUT2D eigenvalue weighted by Gasteiger charge is 2.00. The highest BCUT2D eigenvalue weighted by molar-refractivity contribution is 7.07. The Hall–Kier alpha value is -1.09. The third-order valence-corrected chi connectivity index (χ3v) is 2.78. The fraction of sp³-hybridized carbons (Fsp3) is 0.300. The van der Waals surface area contributed by atoms with Gasteiger partial charge in [0, 0.05) is 25.4 Å². The molecule has 0 aromatic carbocycles. The van der Waals surface area contributed by atoms with Crippen LogP contribution in [0.5, 0.6) is 0 Å². The summed E-state index contributed by atoms with van der Waals surface area (Å²) in [4.78, 5) is 4.28. The zero-order chi connectivity index (χ0) is 9.10. The van der Waals surface area contributed by atoms with Crippen LogP contribution in [0.2, 0.25) is 0 Å². The summed E-state index contributed by atoms with van der Waals surface area (Å²) in [6.07, 6.45) is 4.90. The van der Waals surface area contributed by atoms with Gasteiger partial charge in [-0.25, -0.2) is 4.98 Å². The lowest BCUT2D eigenvalue weighted by Crippen LogP contribution is -2.02. The first-order valence-electron chi connectivity index (χ1n) is 4.41. The fourth-order valence-corrected chi connectivity index (χ4v) is 2.04. The third kappa shape index (κ3) is 1.80. The van der Waals surface area contributed by atoms with Crippen LogP contribution in [0.15, 0.2) is 29.2 Å². The topological polar surface area (TPSA) is 17.8 Å². The van der Waals surface area contributed by atoms with Gasteiger partial charge in [0.05, 0.1) is 0 Å². The minimum atomic E-state index is 0.951. The number of aryl methyl sites for hydroxylation is 1. The third-order valence-electron chi connectivity index (χ3n) is 2.05. The normalized spacial score (nSPS) is 10.5. The van der Waals surface area contributed by atoms with E-state index in [0.717, 1.165) is 18.8 Å². The standard InChI is InChI=1S/C10H12N2S/c1-2-10-11-4-5-12(10)7-9-3-6-13-8-9/h3-6,8H,2,7H2,1H3. The Labute approximate surface area is 81.9 Å². The summed E-state index contributed by atoms with van der Waals surface area (Å²) in [5.74, 6) is 1.16. The van der Waals surface area contributed by atoms with Crippen LogP contribution in [0.1, 0.15) is 18.3 Å². The second-order valence-electron chi connectivity index (χ2n) is 2.96. The number of thiophene rings is 1. The molecule has 2 nitrogen and oxygen atoms in total. The first-order chi connectivity index (χ1) is 6.40. The molecule has 2 aromatic rings. The van der Waals surface area contributed by atoms with Crippen molar-refractivity contribution < 1.29 is 0 Å². The highest BCUT2D eigenvalue weighted by Crippen LogP contribution is 2.09. The number of rotatable bonds is 3. The van der Waals surface area contributed by atoms with Crippen molar-refractivity contribution in [2.45, 2.75) is 19.9 Å². The predicted molar refractivity (Wildman–Crippen MR) is 55.0 cm³/mol. The van der Waals surface area contributed by atoms with Crippen molar-refractivity contribution in [1.82, 2.24) is 9.55 Å². The van der Waals surface area contributed by atoms with Gasteiger partial charge < -0.3 is 4.57 Å². The van der Waals surface area contributed by atoms with Crippen LogP contribution in [-0.4, -0.2) is 9.55 Å². The van der Waals surface area contributed by atoms with Gasteiger partial charge in [-0.05, 0) is 22.4 Å². The molecule has 0 N–H and O–H groups in total. The summed E-state index contributed by atoms with van der Waals surface area (Å²) in [5, 5.41) is 4.29. The van der Waals surface area contributed by atoms with Crippen LogP contribution in [0, 0.1) is 0 Å². The van der Waals surface area contributed by atoms with Gasteiger partial charge in [0.15, 0.2) is 0 Å². The van der Waals surface area contributed by atoms with Crippen molar-refractivity contribution >= 4 is 11.3 Å². The Balaban J connectivity index is 2.18. The zero-order valence-electron chi connectivity index (χ0n) is 7.60. The molecule has 0 bridgehead atoms. The van der Waals surface area contributed by atoms with E-state index in [-0.39, 0.29) is 0 Å². The lowest BCUT2D eigenvalue weighted by molar-refractivity contribution is 0.734. The van der Waals surface area contributed by atoms with E-state index >= 15 is 0 Å². The fourth-order valence-electron chi connectivity index (χ4n) is 1.38. The van der Waals surface area contributed by atoms with Crippen LogP contribution in [-0.2, 0) is 13.0 Å². The van der Waals surface area contributed by atoms with E-state index in [0.29, 0.717) is 0 Å². The first-order valence-corrected chi connectivity index (χ1v) is 5.35. The Morgan fingerprint density at radius 2 is 2.46 bits per heavy atom. The van der Waals surface area contributed by atoms with Gasteiger partial charge in [0.1, 0.15) is 5.82 Å². The second kappa shape index (κ2) is 3.75. The van der Waals surface area contributed by atoms with Gasteiger partial charge in [0.2, 0.25) is 0 Å². The van der Waals surface area contributed by atoms with Crippen molar-refractivity contribution in [3.8, 4) is 0 Å². The molecule has 0 fully saturated rings. The summed E-state index contributed by atoms with van der Waals surface area (Å²) in [6.45, 7) is 3.08. The summed E-state index contributed by atoms with van der Waals surface area (Å²) in [6, 6.07) is 2.16. The summed E-state index contributed by atoms with van der Waals surface area (Å²) >= 11 is 1.74. The molecule has 3 heteroatoms. The van der Waals surface area contributed by atoms with Gasteiger partial charge >= 0.3 is 0 Å². The molecule has 2 heterocycles. The maximum Gasteiger partial charge on any atom is 0.108 e. The molecule has 0 radical (unpaired) electrons. The highest BCUT2D eigenvalue weighted by atomic mass is 32.1. The molecule has 0 unspecified atom stereocenters. The van der Waals surface area contributed by atoms with Gasteiger partial charge in [-0.3, -0.25) is 0 Å². The predicted octanol–water partition coefficient (Wildman–Crippen LogP) is 2.56. The molecule has 13 heavy (non-hydrogen) atoms. The first kappa shape index (κ1) is 8.51. The summed E-state index contributed by atoms with van der Waals surface area (Å²) in [7, 11) is 0. The average molecular weight is 192 g/mol. The zero-order valence-corrected chi connectivity index (χ0v) is 8.42. The monoisotopic (exact) mass is 192 g/mol. The van der Waals surface area contributed by atoms with E-state index in [2.05, 4.69) is 33.3 Å². The van der Waals surface area contributed by atoms with Gasteiger partial charge in [-0.15, -0.1) is 0 Å². The van der Waals surface area contributed by atoms with Crippen LogP contribution in [0.3, 0.4) is 0 Å². The maximum absolute atomic E-state index is 4.28. The number of hydrogen-bond acceptors (Lipinski definition) is 2. The maximum atomic E-state index is 4.28. The summed E-state index contributed by atoms with van der Waals surface area (Å²) in [5.41, 5.74) is 1.36. The molecule has 0 aliphatic rings. The smallest absolute Gasteiger partial charge is 0.108 e. The minimum absolute atomic E-state index is 0.951. The van der Waals surface area contributed by atoms with Crippen LogP contribution in [0.25, 0.3) is 0 Å². The van der Waals surface area contributed by atoms with E-state index in [1.165, 1.54) is 5.56 Å². The van der Waals surface area contributed by atoms with Crippen molar-refractivity contribution in [3.05, 3.63) is 40.6 Å². The number of nitrogens with zero attached hydrogens (tertiary/aromatic N) is 2. The lowest BCUT2D eigenvalue weighted by atomic mass is 10.3. The SMILES string of the molecule is CCc1nccn1Cc1ccsc1. The van der Waals surface area contributed by atoms with Crippen molar-refractivity contribution in [2.75, 3.05) is 0 Å². The molecule has 68 valence electrons. The lowest BCUT2D eigenvalue weighted by Gasteiger charge is -2.03. The molecular weight excluding hydrogens is 180 g/mol. The molecule has 0 amide bonds. The van der Waals surface area contributed by atoms with Crippen molar-refractivity contribution in [3.63, 3.8) is 0 Å². The average Bonchev–Trinajstić information content (AvgIpc) is 2.76. The molecule has 0 spiro atoms. The van der Waals surface area contributed by atoms with E-state index in [4.69, 9.17) is 0 Å². The Kier molecular flexibility index (Phi) is 2.45. The Morgan fingerprint density at radius 3 is 3.15 bits per heavy atom. The van der Waals surface area contributed by atoms with Crippen LogP contribution >= 0.6 is 11.3 Å². The van der Waals surface area contributed by atoms with E-state index in [1.807, 2.05) is 12.4 Å². The molecule has 0 aliphatic heterocycles.